The third kappa shape index (κ3) is 6.29. The molecule has 0 aliphatic rings. The monoisotopic (exact) mass is 358 g/mol. The molecule has 2 rings (SSSR count). The molecule has 2 aromatic rings. The first kappa shape index (κ1) is 19.6. The van der Waals surface area contributed by atoms with Crippen molar-refractivity contribution in [3.8, 4) is 0 Å². The summed E-state index contributed by atoms with van der Waals surface area (Å²) in [7, 11) is 0. The van der Waals surface area contributed by atoms with Gasteiger partial charge in [-0.25, -0.2) is 4.39 Å². The van der Waals surface area contributed by atoms with Crippen LogP contribution in [-0.2, 0) is 22.7 Å². The fraction of sp³-hybridized carbons (Fsp3) is 0.300. The normalized spacial score (nSPS) is 10.6. The van der Waals surface area contributed by atoms with Crippen LogP contribution in [0.15, 0.2) is 48.5 Å². The van der Waals surface area contributed by atoms with Gasteiger partial charge in [0.15, 0.2) is 0 Å². The van der Waals surface area contributed by atoms with E-state index in [1.54, 1.807) is 6.07 Å². The molecule has 0 aliphatic heterocycles. The maximum Gasteiger partial charge on any atom is 0.254 e. The Balaban J connectivity index is 1.79. The number of amides is 2. The molecule has 0 aliphatic carbocycles. The van der Waals surface area contributed by atoms with Gasteiger partial charge in [0.1, 0.15) is 5.82 Å². The van der Waals surface area contributed by atoms with E-state index in [4.69, 9.17) is 4.74 Å². The molecular formula is C20H23FN2O3. The SMILES string of the molecule is CC(C)OCc1cccc(CNC(=O)CNC(=O)c2ccccc2F)c1. The van der Waals surface area contributed by atoms with Gasteiger partial charge in [-0.15, -0.1) is 0 Å². The average molecular weight is 358 g/mol. The zero-order valence-corrected chi connectivity index (χ0v) is 14.9. The third-order valence-corrected chi connectivity index (χ3v) is 3.59. The van der Waals surface area contributed by atoms with Gasteiger partial charge in [0.2, 0.25) is 5.91 Å². The van der Waals surface area contributed by atoms with E-state index in [1.165, 1.54) is 18.2 Å². The number of ether oxygens (including phenoxy) is 1. The fourth-order valence-electron chi connectivity index (χ4n) is 2.26. The molecule has 26 heavy (non-hydrogen) atoms. The Kier molecular flexibility index (Phi) is 7.29. The van der Waals surface area contributed by atoms with Gasteiger partial charge < -0.3 is 15.4 Å². The van der Waals surface area contributed by atoms with Crippen molar-refractivity contribution in [3.05, 3.63) is 71.0 Å². The largest absolute Gasteiger partial charge is 0.374 e. The lowest BCUT2D eigenvalue weighted by molar-refractivity contribution is -0.120. The highest BCUT2D eigenvalue weighted by molar-refractivity contribution is 5.96. The number of hydrogen-bond donors (Lipinski definition) is 2. The number of benzene rings is 2. The molecule has 0 unspecified atom stereocenters. The summed E-state index contributed by atoms with van der Waals surface area (Å²) in [6.45, 7) is 4.57. The van der Waals surface area contributed by atoms with Gasteiger partial charge in [-0.05, 0) is 37.1 Å². The first-order valence-electron chi connectivity index (χ1n) is 8.44. The summed E-state index contributed by atoms with van der Waals surface area (Å²) >= 11 is 0. The van der Waals surface area contributed by atoms with E-state index >= 15 is 0 Å². The second-order valence-electron chi connectivity index (χ2n) is 6.12. The van der Waals surface area contributed by atoms with Crippen molar-refractivity contribution >= 4 is 11.8 Å². The van der Waals surface area contributed by atoms with Crippen LogP contribution < -0.4 is 10.6 Å². The summed E-state index contributed by atoms with van der Waals surface area (Å²) in [6, 6.07) is 13.4. The van der Waals surface area contributed by atoms with Gasteiger partial charge in [0.25, 0.3) is 5.91 Å². The van der Waals surface area contributed by atoms with Crippen LogP contribution in [0.3, 0.4) is 0 Å². The van der Waals surface area contributed by atoms with Crippen LogP contribution in [0.2, 0.25) is 0 Å². The minimum atomic E-state index is -0.620. The average Bonchev–Trinajstić information content (AvgIpc) is 2.63. The van der Waals surface area contributed by atoms with Gasteiger partial charge in [0, 0.05) is 6.54 Å². The molecule has 5 nitrogen and oxygen atoms in total. The van der Waals surface area contributed by atoms with E-state index in [2.05, 4.69) is 10.6 Å². The Hall–Kier alpha value is -2.73. The molecule has 0 saturated carbocycles. The molecule has 2 N–H and O–H groups in total. The van der Waals surface area contributed by atoms with Gasteiger partial charge in [-0.3, -0.25) is 9.59 Å². The first-order valence-corrected chi connectivity index (χ1v) is 8.44. The Morgan fingerprint density at radius 2 is 1.77 bits per heavy atom. The van der Waals surface area contributed by atoms with E-state index in [0.29, 0.717) is 13.2 Å². The van der Waals surface area contributed by atoms with Gasteiger partial charge >= 0.3 is 0 Å². The van der Waals surface area contributed by atoms with Gasteiger partial charge in [0.05, 0.1) is 24.8 Å². The molecule has 0 heterocycles. The minimum absolute atomic E-state index is 0.0850. The van der Waals surface area contributed by atoms with Crippen molar-refractivity contribution in [1.82, 2.24) is 10.6 Å². The molecule has 6 heteroatoms. The van der Waals surface area contributed by atoms with Crippen LogP contribution >= 0.6 is 0 Å². The molecule has 0 fully saturated rings. The third-order valence-electron chi connectivity index (χ3n) is 3.59. The topological polar surface area (TPSA) is 67.4 Å². The van der Waals surface area contributed by atoms with Crippen LogP contribution in [0.4, 0.5) is 4.39 Å². The summed E-state index contributed by atoms with van der Waals surface area (Å²) < 4.78 is 19.1. The predicted octanol–water partition coefficient (Wildman–Crippen LogP) is 2.80. The molecule has 2 amide bonds. The summed E-state index contributed by atoms with van der Waals surface area (Å²) in [5.74, 6) is -1.59. The molecule has 2 aromatic carbocycles. The number of carbonyl (C=O) groups is 2. The lowest BCUT2D eigenvalue weighted by Crippen LogP contribution is -2.36. The number of halogens is 1. The number of nitrogens with one attached hydrogen (secondary N) is 2. The van der Waals surface area contributed by atoms with E-state index in [0.717, 1.165) is 11.1 Å². The van der Waals surface area contributed by atoms with Crippen LogP contribution in [0.1, 0.15) is 35.3 Å². The molecule has 0 bridgehead atoms. The highest BCUT2D eigenvalue weighted by Crippen LogP contribution is 2.08. The molecule has 0 atom stereocenters. The molecule has 0 radical (unpaired) electrons. The number of hydrogen-bond acceptors (Lipinski definition) is 3. The van der Waals surface area contributed by atoms with Crippen molar-refractivity contribution in [1.29, 1.82) is 0 Å². The zero-order chi connectivity index (χ0) is 18.9. The lowest BCUT2D eigenvalue weighted by Gasteiger charge is -2.10. The minimum Gasteiger partial charge on any atom is -0.374 e. The Bertz CT molecular complexity index is 762. The second-order valence-corrected chi connectivity index (χ2v) is 6.12. The van der Waals surface area contributed by atoms with E-state index < -0.39 is 11.7 Å². The maximum atomic E-state index is 13.5. The van der Waals surface area contributed by atoms with Crippen molar-refractivity contribution < 1.29 is 18.7 Å². The quantitative estimate of drug-likeness (QED) is 0.762. The second kappa shape index (κ2) is 9.68. The Labute approximate surface area is 152 Å². The van der Waals surface area contributed by atoms with Crippen molar-refractivity contribution in [2.75, 3.05) is 6.54 Å². The van der Waals surface area contributed by atoms with E-state index in [-0.39, 0.29) is 24.1 Å². The van der Waals surface area contributed by atoms with Gasteiger partial charge in [-0.1, -0.05) is 36.4 Å². The molecule has 138 valence electrons. The molecule has 0 saturated heterocycles. The molecule has 0 spiro atoms. The van der Waals surface area contributed by atoms with Crippen LogP contribution in [0.5, 0.6) is 0 Å². The Morgan fingerprint density at radius 1 is 1.04 bits per heavy atom. The standard InChI is InChI=1S/C20H23FN2O3/c1-14(2)26-13-16-7-5-6-15(10-16)11-22-19(24)12-23-20(25)17-8-3-4-9-18(17)21/h3-10,14H,11-13H2,1-2H3,(H,22,24)(H,23,25). The van der Waals surface area contributed by atoms with E-state index in [1.807, 2.05) is 38.1 Å². The summed E-state index contributed by atoms with van der Waals surface area (Å²) in [4.78, 5) is 23.8. The summed E-state index contributed by atoms with van der Waals surface area (Å²) in [5, 5.41) is 5.13. The highest BCUT2D eigenvalue weighted by Gasteiger charge is 2.11. The van der Waals surface area contributed by atoms with Crippen molar-refractivity contribution in [2.45, 2.75) is 33.1 Å². The van der Waals surface area contributed by atoms with Crippen LogP contribution in [0, 0.1) is 5.82 Å². The predicted molar refractivity (Wildman–Crippen MR) is 96.9 cm³/mol. The van der Waals surface area contributed by atoms with Gasteiger partial charge in [-0.2, -0.15) is 0 Å². The van der Waals surface area contributed by atoms with Crippen molar-refractivity contribution in [2.24, 2.45) is 0 Å². The lowest BCUT2D eigenvalue weighted by atomic mass is 10.1. The Morgan fingerprint density at radius 3 is 2.50 bits per heavy atom. The maximum absolute atomic E-state index is 13.5. The molecule has 0 aromatic heterocycles. The molecular weight excluding hydrogens is 335 g/mol. The summed E-state index contributed by atoms with van der Waals surface area (Å²) in [6.07, 6.45) is 0.149. The van der Waals surface area contributed by atoms with Crippen LogP contribution in [0.25, 0.3) is 0 Å². The first-order chi connectivity index (χ1) is 12.5. The number of rotatable bonds is 8. The van der Waals surface area contributed by atoms with Crippen molar-refractivity contribution in [3.63, 3.8) is 0 Å². The highest BCUT2D eigenvalue weighted by atomic mass is 19.1. The summed E-state index contributed by atoms with van der Waals surface area (Å²) in [5.41, 5.74) is 1.88. The van der Waals surface area contributed by atoms with Crippen LogP contribution in [-0.4, -0.2) is 24.5 Å². The smallest absolute Gasteiger partial charge is 0.254 e. The number of carbonyl (C=O) groups excluding carboxylic acids is 2. The van der Waals surface area contributed by atoms with E-state index in [9.17, 15) is 14.0 Å². The fourth-order valence-corrected chi connectivity index (χ4v) is 2.26. The zero-order valence-electron chi connectivity index (χ0n) is 14.9.